The van der Waals surface area contributed by atoms with Crippen LogP contribution in [0.2, 0.25) is 0 Å². The first-order valence-electron chi connectivity index (χ1n) is 7.84. The summed E-state index contributed by atoms with van der Waals surface area (Å²) in [6.45, 7) is 8.95. The molecule has 0 aromatic heterocycles. The highest BCUT2D eigenvalue weighted by atomic mass is 127. The van der Waals surface area contributed by atoms with E-state index in [-0.39, 0.29) is 24.0 Å². The Bertz CT molecular complexity index is 275. The van der Waals surface area contributed by atoms with Crippen LogP contribution in [-0.2, 0) is 0 Å². The summed E-state index contributed by atoms with van der Waals surface area (Å²) in [5.74, 6) is 2.84. The summed E-state index contributed by atoms with van der Waals surface area (Å²) in [5, 5.41) is 3.45. The molecule has 1 heterocycles. The zero-order valence-corrected chi connectivity index (χ0v) is 14.9. The Hall–Kier alpha value is 0. The van der Waals surface area contributed by atoms with Gasteiger partial charge in [0.1, 0.15) is 0 Å². The van der Waals surface area contributed by atoms with E-state index in [9.17, 15) is 0 Å². The number of halogens is 1. The average molecular weight is 379 g/mol. The van der Waals surface area contributed by atoms with E-state index in [1.807, 2.05) is 0 Å². The number of aliphatic imine (C=N–C) groups is 1. The molecule has 3 nitrogen and oxygen atoms in total. The molecule has 0 radical (unpaired) electrons. The van der Waals surface area contributed by atoms with Crippen molar-refractivity contribution >= 4 is 29.9 Å². The van der Waals surface area contributed by atoms with Gasteiger partial charge in [-0.1, -0.05) is 26.2 Å². The quantitative estimate of drug-likeness (QED) is 0.462. The fourth-order valence-corrected chi connectivity index (χ4v) is 3.22. The van der Waals surface area contributed by atoms with Crippen LogP contribution in [0.1, 0.15) is 52.4 Å². The van der Waals surface area contributed by atoms with Crippen molar-refractivity contribution in [3.63, 3.8) is 0 Å². The minimum Gasteiger partial charge on any atom is -0.357 e. The van der Waals surface area contributed by atoms with Gasteiger partial charge >= 0.3 is 0 Å². The van der Waals surface area contributed by atoms with Gasteiger partial charge in [0, 0.05) is 26.2 Å². The van der Waals surface area contributed by atoms with Gasteiger partial charge in [-0.05, 0) is 38.0 Å². The molecular formula is C15H30IN3. The van der Waals surface area contributed by atoms with Crippen molar-refractivity contribution in [1.29, 1.82) is 0 Å². The van der Waals surface area contributed by atoms with Crippen LogP contribution >= 0.6 is 24.0 Å². The van der Waals surface area contributed by atoms with Crippen molar-refractivity contribution < 1.29 is 0 Å². The predicted octanol–water partition coefficient (Wildman–Crippen LogP) is 3.49. The van der Waals surface area contributed by atoms with E-state index in [0.717, 1.165) is 30.9 Å². The van der Waals surface area contributed by atoms with E-state index in [1.54, 1.807) is 0 Å². The van der Waals surface area contributed by atoms with Gasteiger partial charge in [0.25, 0.3) is 0 Å². The molecule has 2 atom stereocenters. The van der Waals surface area contributed by atoms with Crippen molar-refractivity contribution in [2.45, 2.75) is 52.4 Å². The minimum absolute atomic E-state index is 0. The van der Waals surface area contributed by atoms with Crippen LogP contribution in [0, 0.1) is 11.8 Å². The lowest BCUT2D eigenvalue weighted by Crippen LogP contribution is -2.40. The van der Waals surface area contributed by atoms with Crippen LogP contribution in [0.3, 0.4) is 0 Å². The first-order valence-corrected chi connectivity index (χ1v) is 7.84. The van der Waals surface area contributed by atoms with Crippen LogP contribution in [0.4, 0.5) is 0 Å². The standard InChI is InChI=1S/C15H29N3.HI/c1-3-16-15(18-10-6-7-11-18)17-12-14-9-5-4-8-13(14)2;/h13-14H,3-12H2,1-2H3,(H,16,17);1H. The summed E-state index contributed by atoms with van der Waals surface area (Å²) in [6, 6.07) is 0. The number of nitrogens with zero attached hydrogens (tertiary/aromatic N) is 2. The van der Waals surface area contributed by atoms with E-state index in [2.05, 4.69) is 24.1 Å². The Morgan fingerprint density at radius 1 is 1.16 bits per heavy atom. The maximum Gasteiger partial charge on any atom is 0.193 e. The number of guanidine groups is 1. The second kappa shape index (κ2) is 9.03. The maximum atomic E-state index is 4.90. The molecule has 1 saturated carbocycles. The molecule has 1 aliphatic heterocycles. The molecule has 2 rings (SSSR count). The molecule has 0 aromatic rings. The highest BCUT2D eigenvalue weighted by Gasteiger charge is 2.22. The summed E-state index contributed by atoms with van der Waals surface area (Å²) < 4.78 is 0. The molecule has 0 amide bonds. The normalized spacial score (nSPS) is 28.1. The summed E-state index contributed by atoms with van der Waals surface area (Å²) in [6.07, 6.45) is 8.26. The molecule has 1 aliphatic carbocycles. The minimum atomic E-state index is 0. The van der Waals surface area contributed by atoms with Crippen LogP contribution in [0.5, 0.6) is 0 Å². The average Bonchev–Trinajstić information content (AvgIpc) is 2.90. The van der Waals surface area contributed by atoms with Crippen LogP contribution < -0.4 is 5.32 Å². The Morgan fingerprint density at radius 2 is 1.84 bits per heavy atom. The number of hydrogen-bond donors (Lipinski definition) is 1. The Labute approximate surface area is 135 Å². The van der Waals surface area contributed by atoms with Gasteiger partial charge in [-0.2, -0.15) is 0 Å². The van der Waals surface area contributed by atoms with Gasteiger partial charge in [0.2, 0.25) is 0 Å². The third-order valence-electron chi connectivity index (χ3n) is 4.51. The predicted molar refractivity (Wildman–Crippen MR) is 93.3 cm³/mol. The first-order chi connectivity index (χ1) is 8.81. The second-order valence-electron chi connectivity index (χ2n) is 5.91. The third kappa shape index (κ3) is 5.12. The molecule has 2 aliphatic rings. The van der Waals surface area contributed by atoms with Gasteiger partial charge in [0.05, 0.1) is 0 Å². The molecule has 0 bridgehead atoms. The molecule has 2 fully saturated rings. The summed E-state index contributed by atoms with van der Waals surface area (Å²) in [7, 11) is 0. The molecule has 112 valence electrons. The van der Waals surface area contributed by atoms with Crippen LogP contribution in [-0.4, -0.2) is 37.0 Å². The molecular weight excluding hydrogens is 349 g/mol. The second-order valence-corrected chi connectivity index (χ2v) is 5.91. The highest BCUT2D eigenvalue weighted by Crippen LogP contribution is 2.29. The highest BCUT2D eigenvalue weighted by molar-refractivity contribution is 14.0. The SMILES string of the molecule is CCNC(=NCC1CCCCC1C)N1CCCC1.I. The zero-order valence-electron chi connectivity index (χ0n) is 12.5. The summed E-state index contributed by atoms with van der Waals surface area (Å²) in [4.78, 5) is 7.33. The van der Waals surface area contributed by atoms with Crippen molar-refractivity contribution in [3.05, 3.63) is 0 Å². The van der Waals surface area contributed by atoms with E-state index in [0.29, 0.717) is 0 Å². The molecule has 4 heteroatoms. The Morgan fingerprint density at radius 3 is 2.47 bits per heavy atom. The largest absolute Gasteiger partial charge is 0.357 e. The molecule has 0 spiro atoms. The van der Waals surface area contributed by atoms with E-state index >= 15 is 0 Å². The topological polar surface area (TPSA) is 27.6 Å². The van der Waals surface area contributed by atoms with Crippen molar-refractivity contribution in [2.24, 2.45) is 16.8 Å². The molecule has 1 N–H and O–H groups in total. The first kappa shape index (κ1) is 17.1. The number of nitrogens with one attached hydrogen (secondary N) is 1. The van der Waals surface area contributed by atoms with Gasteiger partial charge in [-0.25, -0.2) is 0 Å². The molecule has 19 heavy (non-hydrogen) atoms. The summed E-state index contributed by atoms with van der Waals surface area (Å²) in [5.41, 5.74) is 0. The summed E-state index contributed by atoms with van der Waals surface area (Å²) >= 11 is 0. The van der Waals surface area contributed by atoms with E-state index < -0.39 is 0 Å². The number of rotatable bonds is 3. The van der Waals surface area contributed by atoms with Crippen LogP contribution in [0.15, 0.2) is 4.99 Å². The van der Waals surface area contributed by atoms with Crippen molar-refractivity contribution in [1.82, 2.24) is 10.2 Å². The maximum absolute atomic E-state index is 4.90. The molecule has 0 aromatic carbocycles. The Balaban J connectivity index is 0.00000180. The molecule has 1 saturated heterocycles. The lowest BCUT2D eigenvalue weighted by atomic mass is 9.80. The molecule has 2 unspecified atom stereocenters. The van der Waals surface area contributed by atoms with Gasteiger partial charge < -0.3 is 10.2 Å². The monoisotopic (exact) mass is 379 g/mol. The lowest BCUT2D eigenvalue weighted by molar-refractivity contribution is 0.263. The zero-order chi connectivity index (χ0) is 12.8. The van der Waals surface area contributed by atoms with Crippen molar-refractivity contribution in [2.75, 3.05) is 26.2 Å². The lowest BCUT2D eigenvalue weighted by Gasteiger charge is -2.28. The van der Waals surface area contributed by atoms with E-state index in [4.69, 9.17) is 4.99 Å². The Kier molecular flexibility index (Phi) is 8.11. The van der Waals surface area contributed by atoms with Gasteiger partial charge in [-0.3, -0.25) is 4.99 Å². The third-order valence-corrected chi connectivity index (χ3v) is 4.51. The fourth-order valence-electron chi connectivity index (χ4n) is 3.22. The van der Waals surface area contributed by atoms with Crippen LogP contribution in [0.25, 0.3) is 0 Å². The van der Waals surface area contributed by atoms with Gasteiger partial charge in [-0.15, -0.1) is 24.0 Å². The van der Waals surface area contributed by atoms with Crippen molar-refractivity contribution in [3.8, 4) is 0 Å². The fraction of sp³-hybridized carbons (Fsp3) is 0.933. The van der Waals surface area contributed by atoms with E-state index in [1.165, 1.54) is 51.6 Å². The van der Waals surface area contributed by atoms with Gasteiger partial charge in [0.15, 0.2) is 5.96 Å². The number of hydrogen-bond acceptors (Lipinski definition) is 1. The smallest absolute Gasteiger partial charge is 0.193 e. The number of likely N-dealkylation sites (tertiary alicyclic amines) is 1.